The average molecular weight is 221 g/mol. The predicted molar refractivity (Wildman–Crippen MR) is 68.5 cm³/mol. The van der Waals surface area contributed by atoms with Crippen molar-refractivity contribution >= 4 is 0 Å². The molecule has 0 saturated heterocycles. The molecule has 0 aromatic heterocycles. The van der Waals surface area contributed by atoms with Gasteiger partial charge in [0.25, 0.3) is 0 Å². The highest BCUT2D eigenvalue weighted by Gasteiger charge is 2.11. The minimum Gasteiger partial charge on any atom is -0.395 e. The van der Waals surface area contributed by atoms with Gasteiger partial charge in [-0.2, -0.15) is 0 Å². The molecule has 2 N–H and O–H groups in total. The van der Waals surface area contributed by atoms with Gasteiger partial charge in [-0.05, 0) is 36.5 Å². The van der Waals surface area contributed by atoms with E-state index in [-0.39, 0.29) is 12.6 Å². The maximum absolute atomic E-state index is 9.24. The van der Waals surface area contributed by atoms with Gasteiger partial charge in [-0.15, -0.1) is 0 Å². The summed E-state index contributed by atoms with van der Waals surface area (Å²) in [4.78, 5) is 0. The Morgan fingerprint density at radius 3 is 2.50 bits per heavy atom. The fraction of sp³-hybridized carbons (Fsp3) is 0.571. The molecule has 16 heavy (non-hydrogen) atoms. The number of rotatable bonds is 5. The van der Waals surface area contributed by atoms with E-state index in [0.29, 0.717) is 5.92 Å². The molecule has 0 fully saturated rings. The van der Waals surface area contributed by atoms with E-state index in [1.54, 1.807) is 0 Å². The van der Waals surface area contributed by atoms with Crippen LogP contribution >= 0.6 is 0 Å². The van der Waals surface area contributed by atoms with Crippen molar-refractivity contribution in [2.45, 2.75) is 40.3 Å². The zero-order valence-corrected chi connectivity index (χ0v) is 10.7. The molecule has 1 aromatic rings. The third kappa shape index (κ3) is 3.32. The maximum atomic E-state index is 9.24. The molecule has 0 amide bonds. The Hall–Kier alpha value is -0.860. The lowest BCUT2D eigenvalue weighted by atomic mass is 10.0. The Morgan fingerprint density at radius 1 is 1.25 bits per heavy atom. The molecule has 0 aliphatic carbocycles. The van der Waals surface area contributed by atoms with Crippen LogP contribution < -0.4 is 5.32 Å². The number of hydrogen-bond donors (Lipinski definition) is 2. The first-order valence-electron chi connectivity index (χ1n) is 5.95. The average Bonchev–Trinajstić information content (AvgIpc) is 2.24. The van der Waals surface area contributed by atoms with Crippen molar-refractivity contribution in [3.8, 4) is 0 Å². The fourth-order valence-corrected chi connectivity index (χ4v) is 1.76. The summed E-state index contributed by atoms with van der Waals surface area (Å²) < 4.78 is 0. The van der Waals surface area contributed by atoms with Crippen molar-refractivity contribution < 1.29 is 5.11 Å². The van der Waals surface area contributed by atoms with E-state index in [2.05, 4.69) is 51.2 Å². The van der Waals surface area contributed by atoms with Gasteiger partial charge in [-0.25, -0.2) is 0 Å². The van der Waals surface area contributed by atoms with E-state index < -0.39 is 0 Å². The van der Waals surface area contributed by atoms with Crippen LogP contribution in [0.25, 0.3) is 0 Å². The Kier molecular flexibility index (Phi) is 4.97. The fourth-order valence-electron chi connectivity index (χ4n) is 1.76. The number of hydrogen-bond acceptors (Lipinski definition) is 2. The number of aryl methyl sites for hydroxylation is 1. The predicted octanol–water partition coefficient (Wildman–Crippen LogP) is 2.41. The molecule has 1 aromatic carbocycles. The van der Waals surface area contributed by atoms with Crippen molar-refractivity contribution in [1.29, 1.82) is 0 Å². The second-order valence-electron chi connectivity index (χ2n) is 4.77. The summed E-state index contributed by atoms with van der Waals surface area (Å²) in [7, 11) is 0. The molecule has 0 radical (unpaired) electrons. The molecule has 0 saturated carbocycles. The Balaban J connectivity index is 2.64. The van der Waals surface area contributed by atoms with Gasteiger partial charge in [0.05, 0.1) is 6.61 Å². The lowest BCUT2D eigenvalue weighted by molar-refractivity contribution is 0.210. The molecule has 0 aliphatic heterocycles. The third-order valence-corrected chi connectivity index (χ3v) is 3.27. The van der Waals surface area contributed by atoms with Gasteiger partial charge < -0.3 is 10.4 Å². The minimum absolute atomic E-state index is 0.180. The Bertz CT molecular complexity index is 334. The first-order chi connectivity index (χ1) is 7.56. The van der Waals surface area contributed by atoms with Crippen LogP contribution in [0.15, 0.2) is 18.2 Å². The number of aliphatic hydroxyl groups is 1. The molecule has 2 heteroatoms. The minimum atomic E-state index is 0.180. The number of aliphatic hydroxyl groups excluding tert-OH is 1. The second kappa shape index (κ2) is 6.02. The first-order valence-corrected chi connectivity index (χ1v) is 5.95. The largest absolute Gasteiger partial charge is 0.395 e. The van der Waals surface area contributed by atoms with Crippen LogP contribution in [0.1, 0.15) is 30.5 Å². The quantitative estimate of drug-likeness (QED) is 0.800. The van der Waals surface area contributed by atoms with Gasteiger partial charge in [0.2, 0.25) is 0 Å². The van der Waals surface area contributed by atoms with Crippen LogP contribution in [0, 0.1) is 19.8 Å². The highest BCUT2D eigenvalue weighted by molar-refractivity contribution is 5.32. The van der Waals surface area contributed by atoms with Crippen molar-refractivity contribution in [2.75, 3.05) is 6.61 Å². The second-order valence-corrected chi connectivity index (χ2v) is 4.77. The van der Waals surface area contributed by atoms with Crippen molar-refractivity contribution in [2.24, 2.45) is 5.92 Å². The molecule has 0 bridgehead atoms. The zero-order valence-electron chi connectivity index (χ0n) is 10.7. The van der Waals surface area contributed by atoms with Gasteiger partial charge in [-0.3, -0.25) is 0 Å². The number of benzene rings is 1. The van der Waals surface area contributed by atoms with Crippen molar-refractivity contribution in [1.82, 2.24) is 5.32 Å². The molecule has 90 valence electrons. The molecule has 0 aliphatic rings. The summed E-state index contributed by atoms with van der Waals surface area (Å²) in [5, 5.41) is 12.6. The van der Waals surface area contributed by atoms with Crippen molar-refractivity contribution in [3.05, 3.63) is 34.9 Å². The number of nitrogens with one attached hydrogen (secondary N) is 1. The molecule has 0 spiro atoms. The van der Waals surface area contributed by atoms with Crippen LogP contribution in [0.5, 0.6) is 0 Å². The smallest absolute Gasteiger partial charge is 0.0587 e. The van der Waals surface area contributed by atoms with Gasteiger partial charge in [-0.1, -0.05) is 32.0 Å². The van der Waals surface area contributed by atoms with Crippen LogP contribution in [0.4, 0.5) is 0 Å². The van der Waals surface area contributed by atoms with Gasteiger partial charge in [0.1, 0.15) is 0 Å². The lowest BCUT2D eigenvalue weighted by Crippen LogP contribution is -2.36. The van der Waals surface area contributed by atoms with E-state index >= 15 is 0 Å². The van der Waals surface area contributed by atoms with Gasteiger partial charge in [0.15, 0.2) is 0 Å². The lowest BCUT2D eigenvalue weighted by Gasteiger charge is -2.20. The van der Waals surface area contributed by atoms with Crippen LogP contribution in [-0.2, 0) is 6.54 Å². The molecular weight excluding hydrogens is 198 g/mol. The van der Waals surface area contributed by atoms with E-state index in [4.69, 9.17) is 0 Å². The third-order valence-electron chi connectivity index (χ3n) is 3.27. The normalized spacial score (nSPS) is 13.1. The maximum Gasteiger partial charge on any atom is 0.0587 e. The van der Waals surface area contributed by atoms with Gasteiger partial charge in [0, 0.05) is 12.6 Å². The zero-order chi connectivity index (χ0) is 12.1. The van der Waals surface area contributed by atoms with Crippen LogP contribution in [0.2, 0.25) is 0 Å². The van der Waals surface area contributed by atoms with Crippen LogP contribution in [-0.4, -0.2) is 17.8 Å². The summed E-state index contributed by atoms with van der Waals surface area (Å²) in [5.74, 6) is 0.454. The van der Waals surface area contributed by atoms with Crippen LogP contribution in [0.3, 0.4) is 0 Å². The highest BCUT2D eigenvalue weighted by Crippen LogP contribution is 2.13. The van der Waals surface area contributed by atoms with E-state index in [1.807, 2.05) is 0 Å². The van der Waals surface area contributed by atoms with Gasteiger partial charge >= 0.3 is 0 Å². The summed E-state index contributed by atoms with van der Waals surface area (Å²) >= 11 is 0. The SMILES string of the molecule is Cc1cccc(CN[C@H](CO)C(C)C)c1C. The molecule has 1 atom stereocenters. The Labute approximate surface area is 98.7 Å². The topological polar surface area (TPSA) is 32.3 Å². The van der Waals surface area contributed by atoms with E-state index in [9.17, 15) is 5.11 Å². The molecule has 1 rings (SSSR count). The Morgan fingerprint density at radius 2 is 1.94 bits per heavy atom. The standard InChI is InChI=1S/C14H23NO/c1-10(2)14(9-16)15-8-13-7-5-6-11(3)12(13)4/h5-7,10,14-16H,8-9H2,1-4H3/t14-/m1/s1. The van der Waals surface area contributed by atoms with Crippen molar-refractivity contribution in [3.63, 3.8) is 0 Å². The summed E-state index contributed by atoms with van der Waals surface area (Å²) in [6.45, 7) is 9.55. The van der Waals surface area contributed by atoms with E-state index in [1.165, 1.54) is 16.7 Å². The summed E-state index contributed by atoms with van der Waals surface area (Å²) in [5.41, 5.74) is 3.99. The molecule has 0 unspecified atom stereocenters. The molecule has 2 nitrogen and oxygen atoms in total. The highest BCUT2D eigenvalue weighted by atomic mass is 16.3. The monoisotopic (exact) mass is 221 g/mol. The first kappa shape index (κ1) is 13.2. The molecular formula is C14H23NO. The summed E-state index contributed by atoms with van der Waals surface area (Å²) in [6, 6.07) is 6.54. The van der Waals surface area contributed by atoms with E-state index in [0.717, 1.165) is 6.54 Å². The molecule has 0 heterocycles. The summed E-state index contributed by atoms with van der Waals surface area (Å²) in [6.07, 6.45) is 0.